The summed E-state index contributed by atoms with van der Waals surface area (Å²) in [5, 5.41) is -0.449. The molecule has 2 N–H and O–H groups in total. The Hall–Kier alpha value is -2.33. The monoisotopic (exact) mass is 507 g/mol. The van der Waals surface area contributed by atoms with Gasteiger partial charge in [0.1, 0.15) is 6.54 Å². The molecular weight excluding hydrogens is 484 g/mol. The van der Waals surface area contributed by atoms with Crippen LogP contribution in [0.2, 0.25) is 0 Å². The molecule has 0 aliphatic carbocycles. The van der Waals surface area contributed by atoms with Gasteiger partial charge in [0.2, 0.25) is 0 Å². The van der Waals surface area contributed by atoms with Crippen LogP contribution in [0.15, 0.2) is 64.1 Å². The molecule has 1 aliphatic rings. The van der Waals surface area contributed by atoms with Gasteiger partial charge in [-0.05, 0) is 42.5 Å². The second kappa shape index (κ2) is 9.86. The maximum absolute atomic E-state index is 13.4. The molecule has 1 aliphatic heterocycles. The van der Waals surface area contributed by atoms with Crippen molar-refractivity contribution in [1.29, 1.82) is 0 Å². The Morgan fingerprint density at radius 3 is 2.39 bits per heavy atom. The van der Waals surface area contributed by atoms with Gasteiger partial charge >= 0.3 is 22.1 Å². The first-order valence-corrected chi connectivity index (χ1v) is 12.1. The summed E-state index contributed by atoms with van der Waals surface area (Å²) < 4.78 is 31.8. The summed E-state index contributed by atoms with van der Waals surface area (Å²) in [6.45, 7) is -0.262. The first-order valence-electron chi connectivity index (χ1n) is 9.88. The van der Waals surface area contributed by atoms with Crippen LogP contribution in [0.4, 0.5) is 4.79 Å². The number of carbonyl (C=O) groups is 2. The number of rotatable bonds is 6. The van der Waals surface area contributed by atoms with Gasteiger partial charge in [-0.1, -0.05) is 58.4 Å². The summed E-state index contributed by atoms with van der Waals surface area (Å²) in [7, 11) is -4.48. The highest BCUT2D eigenvalue weighted by Gasteiger charge is 2.53. The minimum absolute atomic E-state index is 0.0201. The van der Waals surface area contributed by atoms with Gasteiger partial charge in [0.15, 0.2) is 0 Å². The van der Waals surface area contributed by atoms with Crippen molar-refractivity contribution in [3.05, 3.63) is 75.2 Å². The summed E-state index contributed by atoms with van der Waals surface area (Å²) in [5.74, 6) is -0.539. The third kappa shape index (κ3) is 5.30. The number of primary amides is 1. The molecule has 1 heterocycles. The topological polar surface area (TPSA) is 104 Å². The van der Waals surface area contributed by atoms with Crippen molar-refractivity contribution >= 4 is 44.1 Å². The molecule has 164 valence electrons. The quantitative estimate of drug-likeness (QED) is 0.463. The average molecular weight is 508 g/mol. The molecule has 1 fully saturated rings. The Morgan fingerprint density at radius 1 is 1.06 bits per heavy atom. The highest BCUT2D eigenvalue weighted by Crippen LogP contribution is 2.32. The Balaban J connectivity index is 2.09. The van der Waals surface area contributed by atoms with Crippen LogP contribution < -0.4 is 5.73 Å². The number of hydrogen-bond donors (Lipinski definition) is 1. The molecule has 0 spiro atoms. The molecule has 31 heavy (non-hydrogen) atoms. The molecule has 3 rings (SSSR count). The number of urea groups is 1. The van der Waals surface area contributed by atoms with Crippen LogP contribution in [0.3, 0.4) is 0 Å². The zero-order chi connectivity index (χ0) is 22.5. The number of halogens is 1. The lowest BCUT2D eigenvalue weighted by Crippen LogP contribution is -2.60. The van der Waals surface area contributed by atoms with E-state index in [2.05, 4.69) is 15.9 Å². The number of carbonyl (C=O) groups excluding carboxylic acids is 2. The first-order chi connectivity index (χ1) is 14.8. The van der Waals surface area contributed by atoms with E-state index in [1.165, 1.54) is 6.08 Å². The highest BCUT2D eigenvalue weighted by molar-refractivity contribution is 9.10. The lowest BCUT2D eigenvalue weighted by atomic mass is 10.2. The van der Waals surface area contributed by atoms with Crippen LogP contribution in [0, 0.1) is 0 Å². The summed E-state index contributed by atoms with van der Waals surface area (Å²) in [5.41, 5.74) is 6.83. The molecule has 1 atom stereocenters. The van der Waals surface area contributed by atoms with E-state index in [1.54, 1.807) is 54.6 Å². The minimum atomic E-state index is -4.48. The number of hydrogen-bond acceptors (Lipinski definition) is 5. The van der Waals surface area contributed by atoms with Crippen molar-refractivity contribution in [1.82, 2.24) is 0 Å². The third-order valence-corrected chi connectivity index (χ3v) is 7.10. The second-order valence-corrected chi connectivity index (χ2v) is 9.79. The van der Waals surface area contributed by atoms with E-state index < -0.39 is 31.6 Å². The summed E-state index contributed by atoms with van der Waals surface area (Å²) in [6.07, 6.45) is 3.15. The predicted octanol–water partition coefficient (Wildman–Crippen LogP) is 4.29. The van der Waals surface area contributed by atoms with E-state index in [0.717, 1.165) is 4.47 Å². The third-order valence-electron chi connectivity index (χ3n) is 5.20. The summed E-state index contributed by atoms with van der Waals surface area (Å²) in [6, 6.07) is 14.6. The largest absolute Gasteiger partial charge is 0.427 e. The number of imide groups is 1. The zero-order valence-corrected chi connectivity index (χ0v) is 19.3. The minimum Gasteiger partial charge on any atom is -0.318 e. The Bertz CT molecular complexity index is 1080. The van der Waals surface area contributed by atoms with E-state index >= 15 is 0 Å². The Morgan fingerprint density at radius 2 is 1.74 bits per heavy atom. The standard InChI is InChI=1S/C22H23BrN2O5S/c23-19-12-10-18(11-13-19)16-30-31(28,29)21(15-17-7-3-1-4-8-17)25(22(24)27)14-6-2-5-9-20(25)26/h1,3-4,7-8,10-13,15H,2,5-6,9,14,16H2,(H-,24,27)/p+1. The maximum atomic E-state index is 13.4. The fraction of sp³-hybridized carbons (Fsp3) is 0.273. The molecule has 0 bridgehead atoms. The summed E-state index contributed by atoms with van der Waals surface area (Å²) >= 11 is 3.33. The molecule has 3 amide bonds. The van der Waals surface area contributed by atoms with Crippen molar-refractivity contribution in [3.63, 3.8) is 0 Å². The highest BCUT2D eigenvalue weighted by atomic mass is 79.9. The normalized spacial score (nSPS) is 20.3. The molecule has 7 nitrogen and oxygen atoms in total. The second-order valence-electron chi connectivity index (χ2n) is 7.31. The molecule has 0 aromatic heterocycles. The van der Waals surface area contributed by atoms with Gasteiger partial charge < -0.3 is 5.73 Å². The lowest BCUT2D eigenvalue weighted by molar-refractivity contribution is -0.723. The molecule has 2 aromatic rings. The maximum Gasteiger partial charge on any atom is 0.427 e. The van der Waals surface area contributed by atoms with Crippen LogP contribution in [0.5, 0.6) is 0 Å². The average Bonchev–Trinajstić information content (AvgIpc) is 2.94. The van der Waals surface area contributed by atoms with Crippen molar-refractivity contribution in [2.24, 2.45) is 5.73 Å². The van der Waals surface area contributed by atoms with Crippen LogP contribution in [-0.4, -0.2) is 31.4 Å². The van der Waals surface area contributed by atoms with E-state index in [4.69, 9.17) is 9.92 Å². The van der Waals surface area contributed by atoms with Gasteiger partial charge in [-0.2, -0.15) is 8.42 Å². The zero-order valence-electron chi connectivity index (χ0n) is 16.9. The van der Waals surface area contributed by atoms with Crippen molar-refractivity contribution in [2.45, 2.75) is 32.3 Å². The van der Waals surface area contributed by atoms with E-state index in [1.807, 2.05) is 0 Å². The molecule has 1 saturated heterocycles. The number of quaternary nitrogens is 1. The molecule has 0 radical (unpaired) electrons. The van der Waals surface area contributed by atoms with E-state index in [-0.39, 0.29) is 19.6 Å². The first kappa shape index (κ1) is 23.3. The van der Waals surface area contributed by atoms with Gasteiger partial charge in [-0.3, -0.25) is 4.18 Å². The fourth-order valence-corrected chi connectivity index (χ4v) is 5.17. The number of amides is 3. The van der Waals surface area contributed by atoms with E-state index in [0.29, 0.717) is 30.4 Å². The molecular formula is C22H24BrN2O5S+. The molecule has 0 saturated carbocycles. The Kier molecular flexibility index (Phi) is 7.42. The SMILES string of the molecule is NC(=O)[N+]1(C(=Cc2ccccc2)S(=O)(=O)OCc2ccc(Br)cc2)CCCCCC1=O. The van der Waals surface area contributed by atoms with Crippen molar-refractivity contribution < 1.29 is 26.7 Å². The van der Waals surface area contributed by atoms with Gasteiger partial charge in [-0.15, -0.1) is 4.48 Å². The van der Waals surface area contributed by atoms with E-state index in [9.17, 15) is 18.0 Å². The molecule has 9 heteroatoms. The molecule has 1 unspecified atom stereocenters. The van der Waals surface area contributed by atoms with Crippen LogP contribution in [0.1, 0.15) is 36.8 Å². The smallest absolute Gasteiger partial charge is 0.318 e. The fourth-order valence-electron chi connectivity index (χ4n) is 3.54. The van der Waals surface area contributed by atoms with Crippen molar-refractivity contribution in [2.75, 3.05) is 6.54 Å². The van der Waals surface area contributed by atoms with Crippen molar-refractivity contribution in [3.8, 4) is 0 Å². The number of nitrogens with two attached hydrogens (primary N) is 1. The van der Waals surface area contributed by atoms with Crippen LogP contribution >= 0.6 is 15.9 Å². The van der Waals surface area contributed by atoms with Crippen LogP contribution in [-0.2, 0) is 25.7 Å². The predicted molar refractivity (Wildman–Crippen MR) is 120 cm³/mol. The lowest BCUT2D eigenvalue weighted by Gasteiger charge is -2.30. The van der Waals surface area contributed by atoms with Gasteiger partial charge in [0.05, 0.1) is 13.0 Å². The summed E-state index contributed by atoms with van der Waals surface area (Å²) in [4.78, 5) is 25.7. The number of likely N-dealkylation sites (tertiary alicyclic amines) is 1. The molecule has 2 aromatic carbocycles. The van der Waals surface area contributed by atoms with Crippen LogP contribution in [0.25, 0.3) is 6.08 Å². The number of benzene rings is 2. The van der Waals surface area contributed by atoms with Gasteiger partial charge in [0, 0.05) is 10.5 Å². The van der Waals surface area contributed by atoms with Gasteiger partial charge in [0.25, 0.3) is 5.03 Å². The Labute approximate surface area is 190 Å². The number of nitrogens with zero attached hydrogens (tertiary/aromatic N) is 1. The van der Waals surface area contributed by atoms with Gasteiger partial charge in [-0.25, -0.2) is 9.59 Å².